The molecule has 0 radical (unpaired) electrons. The van der Waals surface area contributed by atoms with E-state index >= 15 is 0 Å². The molecule has 2 rings (SSSR count). The summed E-state index contributed by atoms with van der Waals surface area (Å²) < 4.78 is 10.3. The van der Waals surface area contributed by atoms with Gasteiger partial charge in [0.25, 0.3) is 0 Å². The topological polar surface area (TPSA) is 67.8 Å². The molecule has 0 aromatic heterocycles. The largest absolute Gasteiger partial charge is 0.497 e. The minimum absolute atomic E-state index is 0.0627. The maximum absolute atomic E-state index is 11.0. The van der Waals surface area contributed by atoms with E-state index in [2.05, 4.69) is 5.32 Å². The standard InChI is InChI=1S/C14H19NO4/c1-9(16)19-14-12(15-8-13(14)17)7-10-3-5-11(18-2)6-4-10/h3-6,12-15,17H,7-8H2,1-2H3/t12-,13?,14-/m0/s1. The van der Waals surface area contributed by atoms with Gasteiger partial charge >= 0.3 is 5.97 Å². The Balaban J connectivity index is 2.02. The third kappa shape index (κ3) is 3.45. The molecular formula is C14H19NO4. The van der Waals surface area contributed by atoms with Crippen LogP contribution in [0.5, 0.6) is 5.75 Å². The molecule has 1 heterocycles. The summed E-state index contributed by atoms with van der Waals surface area (Å²) in [5.41, 5.74) is 1.10. The van der Waals surface area contributed by atoms with E-state index in [9.17, 15) is 9.90 Å². The minimum atomic E-state index is -0.646. The molecule has 104 valence electrons. The fraction of sp³-hybridized carbons (Fsp3) is 0.500. The molecule has 0 amide bonds. The van der Waals surface area contributed by atoms with Gasteiger partial charge in [0, 0.05) is 13.5 Å². The van der Waals surface area contributed by atoms with Gasteiger partial charge in [-0.25, -0.2) is 0 Å². The Labute approximate surface area is 112 Å². The molecule has 0 saturated carbocycles. The maximum Gasteiger partial charge on any atom is 0.303 e. The Morgan fingerprint density at radius 1 is 1.42 bits per heavy atom. The monoisotopic (exact) mass is 265 g/mol. The molecule has 1 unspecified atom stereocenters. The fourth-order valence-electron chi connectivity index (χ4n) is 2.33. The maximum atomic E-state index is 11.0. The van der Waals surface area contributed by atoms with Gasteiger partial charge in [0.05, 0.1) is 13.2 Å². The number of esters is 1. The Morgan fingerprint density at radius 3 is 2.68 bits per heavy atom. The number of rotatable bonds is 4. The number of carbonyl (C=O) groups is 1. The highest BCUT2D eigenvalue weighted by molar-refractivity contribution is 5.66. The number of benzene rings is 1. The van der Waals surface area contributed by atoms with Gasteiger partial charge < -0.3 is 19.9 Å². The lowest BCUT2D eigenvalue weighted by Crippen LogP contribution is -2.38. The number of carbonyl (C=O) groups excluding carboxylic acids is 1. The lowest BCUT2D eigenvalue weighted by molar-refractivity contribution is -0.151. The first-order valence-corrected chi connectivity index (χ1v) is 6.31. The van der Waals surface area contributed by atoms with Crippen molar-refractivity contribution in [1.82, 2.24) is 5.32 Å². The first-order chi connectivity index (χ1) is 9.10. The van der Waals surface area contributed by atoms with Crippen LogP contribution in [-0.2, 0) is 16.0 Å². The van der Waals surface area contributed by atoms with Gasteiger partial charge in [-0.15, -0.1) is 0 Å². The normalized spacial score (nSPS) is 26.2. The molecule has 0 bridgehead atoms. The molecule has 1 fully saturated rings. The summed E-state index contributed by atoms with van der Waals surface area (Å²) in [6.45, 7) is 1.80. The third-order valence-electron chi connectivity index (χ3n) is 3.28. The Kier molecular flexibility index (Phi) is 4.39. The smallest absolute Gasteiger partial charge is 0.303 e. The van der Waals surface area contributed by atoms with Gasteiger partial charge in [0.15, 0.2) is 0 Å². The average Bonchev–Trinajstić information content (AvgIpc) is 2.72. The molecule has 1 saturated heterocycles. The van der Waals surface area contributed by atoms with E-state index in [0.717, 1.165) is 11.3 Å². The molecule has 0 spiro atoms. The zero-order chi connectivity index (χ0) is 13.8. The second-order valence-corrected chi connectivity index (χ2v) is 4.71. The van der Waals surface area contributed by atoms with Crippen LogP contribution in [0.1, 0.15) is 12.5 Å². The molecule has 3 atom stereocenters. The van der Waals surface area contributed by atoms with Crippen LogP contribution in [0.15, 0.2) is 24.3 Å². The van der Waals surface area contributed by atoms with Crippen LogP contribution in [-0.4, -0.2) is 43.0 Å². The van der Waals surface area contributed by atoms with Gasteiger partial charge in [0.2, 0.25) is 0 Å². The number of methoxy groups -OCH3 is 1. The molecule has 5 heteroatoms. The molecule has 2 N–H and O–H groups in total. The van der Waals surface area contributed by atoms with Crippen LogP contribution in [0.25, 0.3) is 0 Å². The zero-order valence-electron chi connectivity index (χ0n) is 11.1. The first kappa shape index (κ1) is 13.8. The summed E-state index contributed by atoms with van der Waals surface area (Å²) in [4.78, 5) is 11.0. The van der Waals surface area contributed by atoms with E-state index < -0.39 is 12.2 Å². The second-order valence-electron chi connectivity index (χ2n) is 4.71. The number of hydrogen-bond donors (Lipinski definition) is 2. The Morgan fingerprint density at radius 2 is 2.11 bits per heavy atom. The van der Waals surface area contributed by atoms with E-state index in [-0.39, 0.29) is 12.0 Å². The van der Waals surface area contributed by atoms with E-state index in [0.29, 0.717) is 13.0 Å². The predicted molar refractivity (Wildman–Crippen MR) is 70.0 cm³/mol. The van der Waals surface area contributed by atoms with Crippen LogP contribution in [0.2, 0.25) is 0 Å². The summed E-state index contributed by atoms with van der Waals surface area (Å²) in [7, 11) is 1.63. The molecule has 1 aromatic rings. The fourth-order valence-corrected chi connectivity index (χ4v) is 2.33. The SMILES string of the molecule is COc1ccc(C[C@@H]2NCC(O)[C@H]2OC(C)=O)cc1. The van der Waals surface area contributed by atoms with Gasteiger partial charge in [-0.05, 0) is 24.1 Å². The van der Waals surface area contributed by atoms with Crippen LogP contribution in [0.4, 0.5) is 0 Å². The first-order valence-electron chi connectivity index (χ1n) is 6.31. The Hall–Kier alpha value is -1.59. The van der Waals surface area contributed by atoms with Gasteiger partial charge in [-0.2, -0.15) is 0 Å². The average molecular weight is 265 g/mol. The molecule has 1 aromatic carbocycles. The number of β-amino-alcohol motifs (C(OH)–C–C–N with tert-alkyl or cyclic N) is 1. The van der Waals surface area contributed by atoms with Crippen molar-refractivity contribution < 1.29 is 19.4 Å². The van der Waals surface area contributed by atoms with Crippen molar-refractivity contribution in [2.45, 2.75) is 31.6 Å². The Bertz CT molecular complexity index is 432. The number of hydrogen-bond acceptors (Lipinski definition) is 5. The number of aliphatic hydroxyl groups is 1. The van der Waals surface area contributed by atoms with E-state index in [1.54, 1.807) is 7.11 Å². The van der Waals surface area contributed by atoms with Crippen molar-refractivity contribution >= 4 is 5.97 Å². The van der Waals surface area contributed by atoms with E-state index in [4.69, 9.17) is 9.47 Å². The molecule has 5 nitrogen and oxygen atoms in total. The highest BCUT2D eigenvalue weighted by Crippen LogP contribution is 2.19. The summed E-state index contributed by atoms with van der Waals surface area (Å²) in [6.07, 6.45) is -0.439. The minimum Gasteiger partial charge on any atom is -0.497 e. The van der Waals surface area contributed by atoms with Crippen LogP contribution in [0, 0.1) is 0 Å². The van der Waals surface area contributed by atoms with Crippen molar-refractivity contribution in [2.75, 3.05) is 13.7 Å². The highest BCUT2D eigenvalue weighted by atomic mass is 16.6. The lowest BCUT2D eigenvalue weighted by atomic mass is 10.0. The van der Waals surface area contributed by atoms with Crippen LogP contribution in [0.3, 0.4) is 0 Å². The lowest BCUT2D eigenvalue weighted by Gasteiger charge is -2.21. The summed E-state index contributed by atoms with van der Waals surface area (Å²) in [6, 6.07) is 7.65. The predicted octanol–water partition coefficient (Wildman–Crippen LogP) is 0.502. The van der Waals surface area contributed by atoms with Crippen molar-refractivity contribution in [3.05, 3.63) is 29.8 Å². The molecular weight excluding hydrogens is 246 g/mol. The molecule has 1 aliphatic rings. The molecule has 0 aliphatic carbocycles. The molecule has 1 aliphatic heterocycles. The van der Waals surface area contributed by atoms with Crippen molar-refractivity contribution in [3.8, 4) is 5.75 Å². The molecule has 19 heavy (non-hydrogen) atoms. The zero-order valence-corrected chi connectivity index (χ0v) is 11.1. The number of ether oxygens (including phenoxy) is 2. The van der Waals surface area contributed by atoms with Gasteiger partial charge in [-0.1, -0.05) is 12.1 Å². The van der Waals surface area contributed by atoms with Crippen LogP contribution >= 0.6 is 0 Å². The summed E-state index contributed by atoms with van der Waals surface area (Å²) >= 11 is 0. The second kappa shape index (κ2) is 6.04. The highest BCUT2D eigenvalue weighted by Gasteiger charge is 2.37. The number of nitrogens with one attached hydrogen (secondary N) is 1. The third-order valence-corrected chi connectivity index (χ3v) is 3.28. The van der Waals surface area contributed by atoms with E-state index in [1.807, 2.05) is 24.3 Å². The summed E-state index contributed by atoms with van der Waals surface area (Å²) in [5, 5.41) is 13.0. The van der Waals surface area contributed by atoms with Crippen molar-refractivity contribution in [2.24, 2.45) is 0 Å². The van der Waals surface area contributed by atoms with Crippen LogP contribution < -0.4 is 10.1 Å². The van der Waals surface area contributed by atoms with Gasteiger partial charge in [0.1, 0.15) is 18.0 Å². The van der Waals surface area contributed by atoms with Crippen molar-refractivity contribution in [3.63, 3.8) is 0 Å². The quantitative estimate of drug-likeness (QED) is 0.776. The van der Waals surface area contributed by atoms with Gasteiger partial charge in [-0.3, -0.25) is 4.79 Å². The van der Waals surface area contributed by atoms with Crippen molar-refractivity contribution in [1.29, 1.82) is 0 Å². The summed E-state index contributed by atoms with van der Waals surface area (Å²) in [5.74, 6) is 0.437. The van der Waals surface area contributed by atoms with E-state index in [1.165, 1.54) is 6.92 Å². The number of aliphatic hydroxyl groups excluding tert-OH is 1.